The highest BCUT2D eigenvalue weighted by atomic mass is 16.3. The third kappa shape index (κ3) is 2.25. The minimum Gasteiger partial charge on any atom is -0.228 e. The second kappa shape index (κ2) is 4.28. The van der Waals surface area contributed by atoms with Gasteiger partial charge in [-0.1, -0.05) is 54.6 Å². The van der Waals surface area contributed by atoms with Crippen LogP contribution in [-0.2, 0) is 5.11 Å². The Morgan fingerprint density at radius 3 is 1.87 bits per heavy atom. The normalized spacial score (nSPS) is 12.4. The summed E-state index contributed by atoms with van der Waals surface area (Å²) >= 11 is 0. The highest BCUT2D eigenvalue weighted by Crippen LogP contribution is 2.21. The number of benzene rings is 2. The zero-order valence-electron chi connectivity index (χ0n) is 8.68. The molecule has 0 saturated carbocycles. The van der Waals surface area contributed by atoms with Crippen molar-refractivity contribution in [2.45, 2.75) is 13.0 Å². The fraction of sp³-hybridized carbons (Fsp3) is 0.143. The summed E-state index contributed by atoms with van der Waals surface area (Å²) in [5.41, 5.74) is 3.18. The van der Waals surface area contributed by atoms with Crippen LogP contribution in [0.5, 0.6) is 0 Å². The van der Waals surface area contributed by atoms with Crippen LogP contribution in [0.3, 0.4) is 0 Å². The lowest BCUT2D eigenvalue weighted by Gasteiger charge is -2.04. The highest BCUT2D eigenvalue weighted by molar-refractivity contribution is 5.63. The second-order valence-electron chi connectivity index (χ2n) is 3.63. The summed E-state index contributed by atoms with van der Waals surface area (Å²) < 4.78 is 0. The predicted molar refractivity (Wildman–Crippen MR) is 61.0 cm³/mol. The van der Waals surface area contributed by atoms with Crippen molar-refractivity contribution < 1.29 is 5.11 Å². The molecule has 0 N–H and O–H groups in total. The molecule has 75 valence electrons. The molecule has 15 heavy (non-hydrogen) atoms. The molecular formula is C14H13O. The molecule has 2 aromatic rings. The number of hydrogen-bond donors (Lipinski definition) is 0. The maximum absolute atomic E-state index is 11.2. The van der Waals surface area contributed by atoms with Crippen molar-refractivity contribution >= 4 is 0 Å². The van der Waals surface area contributed by atoms with Gasteiger partial charge in [-0.2, -0.15) is 0 Å². The zero-order valence-corrected chi connectivity index (χ0v) is 8.68. The van der Waals surface area contributed by atoms with Gasteiger partial charge in [0.25, 0.3) is 0 Å². The smallest absolute Gasteiger partial charge is 0.115 e. The van der Waals surface area contributed by atoms with Gasteiger partial charge in [0, 0.05) is 0 Å². The summed E-state index contributed by atoms with van der Waals surface area (Å²) in [6, 6.07) is 18.0. The van der Waals surface area contributed by atoms with Crippen LogP contribution in [0.2, 0.25) is 0 Å². The van der Waals surface area contributed by atoms with Crippen molar-refractivity contribution in [2.24, 2.45) is 0 Å². The Bertz CT molecular complexity index is 415. The molecule has 1 radical (unpaired) electrons. The van der Waals surface area contributed by atoms with Gasteiger partial charge < -0.3 is 0 Å². The first kappa shape index (κ1) is 9.94. The Morgan fingerprint density at radius 2 is 1.33 bits per heavy atom. The van der Waals surface area contributed by atoms with Crippen LogP contribution >= 0.6 is 0 Å². The molecular weight excluding hydrogens is 184 g/mol. The molecule has 0 aliphatic heterocycles. The first-order valence-corrected chi connectivity index (χ1v) is 5.08. The summed E-state index contributed by atoms with van der Waals surface area (Å²) in [6.45, 7) is 1.66. The van der Waals surface area contributed by atoms with Gasteiger partial charge in [-0.05, 0) is 23.6 Å². The monoisotopic (exact) mass is 197 g/mol. The molecule has 1 nitrogen and oxygen atoms in total. The molecule has 0 bridgehead atoms. The molecule has 2 aromatic carbocycles. The quantitative estimate of drug-likeness (QED) is 0.697. The van der Waals surface area contributed by atoms with E-state index in [1.807, 2.05) is 42.5 Å². The molecule has 0 fully saturated rings. The van der Waals surface area contributed by atoms with E-state index in [0.717, 1.165) is 11.1 Å². The molecule has 0 aliphatic carbocycles. The Balaban J connectivity index is 2.32. The molecule has 1 atom stereocenters. The molecule has 0 saturated heterocycles. The van der Waals surface area contributed by atoms with Crippen molar-refractivity contribution in [3.8, 4) is 11.1 Å². The van der Waals surface area contributed by atoms with Crippen molar-refractivity contribution in [1.29, 1.82) is 0 Å². The summed E-state index contributed by atoms with van der Waals surface area (Å²) in [4.78, 5) is 0. The largest absolute Gasteiger partial charge is 0.228 e. The van der Waals surface area contributed by atoms with Crippen LogP contribution in [0.25, 0.3) is 11.1 Å². The second-order valence-corrected chi connectivity index (χ2v) is 3.63. The highest BCUT2D eigenvalue weighted by Gasteiger charge is 2.02. The summed E-state index contributed by atoms with van der Waals surface area (Å²) in [6.07, 6.45) is -0.644. The van der Waals surface area contributed by atoms with Gasteiger partial charge in [0.05, 0.1) is 0 Å². The molecule has 0 amide bonds. The first-order valence-electron chi connectivity index (χ1n) is 5.08. The summed E-state index contributed by atoms with van der Waals surface area (Å²) in [7, 11) is 0. The fourth-order valence-electron chi connectivity index (χ4n) is 1.58. The van der Waals surface area contributed by atoms with Crippen molar-refractivity contribution in [2.75, 3.05) is 0 Å². The molecule has 2 rings (SSSR count). The summed E-state index contributed by atoms with van der Waals surface area (Å²) in [5, 5.41) is 11.2. The first-order chi connectivity index (χ1) is 7.27. The number of rotatable bonds is 2. The standard InChI is InChI=1S/C14H13O/c1-11(15)12-7-9-14(10-8-12)13-5-3-2-4-6-13/h2-11H,1H3. The lowest BCUT2D eigenvalue weighted by molar-refractivity contribution is 0.106. The Hall–Kier alpha value is -1.60. The SMILES string of the molecule is CC([O])c1ccc(-c2ccccc2)cc1. The van der Waals surface area contributed by atoms with E-state index in [4.69, 9.17) is 0 Å². The molecule has 1 heteroatoms. The molecule has 0 spiro atoms. The van der Waals surface area contributed by atoms with Gasteiger partial charge in [-0.3, -0.25) is 0 Å². The lowest BCUT2D eigenvalue weighted by Crippen LogP contribution is -1.88. The Kier molecular flexibility index (Phi) is 2.84. The number of hydrogen-bond acceptors (Lipinski definition) is 0. The minimum absolute atomic E-state index is 0.644. The van der Waals surface area contributed by atoms with E-state index in [1.54, 1.807) is 6.92 Å². The van der Waals surface area contributed by atoms with E-state index in [-0.39, 0.29) is 0 Å². The fourth-order valence-corrected chi connectivity index (χ4v) is 1.58. The average Bonchev–Trinajstić information content (AvgIpc) is 2.30. The lowest BCUT2D eigenvalue weighted by atomic mass is 10.0. The van der Waals surface area contributed by atoms with Crippen molar-refractivity contribution in [3.63, 3.8) is 0 Å². The van der Waals surface area contributed by atoms with E-state index < -0.39 is 6.10 Å². The molecule has 1 unspecified atom stereocenters. The van der Waals surface area contributed by atoms with Crippen LogP contribution in [-0.4, -0.2) is 0 Å². The van der Waals surface area contributed by atoms with Gasteiger partial charge in [0.15, 0.2) is 0 Å². The maximum atomic E-state index is 11.2. The van der Waals surface area contributed by atoms with E-state index in [1.165, 1.54) is 5.56 Å². The third-order valence-corrected chi connectivity index (χ3v) is 2.49. The van der Waals surface area contributed by atoms with Gasteiger partial charge in [-0.25, -0.2) is 5.11 Å². The van der Waals surface area contributed by atoms with Gasteiger partial charge >= 0.3 is 0 Å². The summed E-state index contributed by atoms with van der Waals surface area (Å²) in [5.74, 6) is 0. The van der Waals surface area contributed by atoms with E-state index in [0.29, 0.717) is 0 Å². The minimum atomic E-state index is -0.644. The van der Waals surface area contributed by atoms with Crippen LogP contribution < -0.4 is 0 Å². The Morgan fingerprint density at radius 1 is 0.800 bits per heavy atom. The third-order valence-electron chi connectivity index (χ3n) is 2.49. The van der Waals surface area contributed by atoms with Crippen LogP contribution in [0, 0.1) is 0 Å². The molecule has 0 aromatic heterocycles. The van der Waals surface area contributed by atoms with E-state index >= 15 is 0 Å². The predicted octanol–water partition coefficient (Wildman–Crippen LogP) is 3.85. The van der Waals surface area contributed by atoms with Gasteiger partial charge in [0.1, 0.15) is 6.10 Å². The van der Waals surface area contributed by atoms with Crippen LogP contribution in [0.1, 0.15) is 18.6 Å². The van der Waals surface area contributed by atoms with Crippen LogP contribution in [0.4, 0.5) is 0 Å². The van der Waals surface area contributed by atoms with Crippen molar-refractivity contribution in [1.82, 2.24) is 0 Å². The molecule has 0 aliphatic rings. The van der Waals surface area contributed by atoms with Crippen LogP contribution in [0.15, 0.2) is 54.6 Å². The zero-order chi connectivity index (χ0) is 10.7. The van der Waals surface area contributed by atoms with Gasteiger partial charge in [0.2, 0.25) is 0 Å². The van der Waals surface area contributed by atoms with Gasteiger partial charge in [-0.15, -0.1) is 0 Å². The topological polar surface area (TPSA) is 19.9 Å². The maximum Gasteiger partial charge on any atom is 0.115 e. The van der Waals surface area contributed by atoms with E-state index in [2.05, 4.69) is 12.1 Å². The molecule has 0 heterocycles. The Labute approximate surface area is 90.0 Å². The average molecular weight is 197 g/mol. The van der Waals surface area contributed by atoms with E-state index in [9.17, 15) is 5.11 Å². The van der Waals surface area contributed by atoms with Crippen molar-refractivity contribution in [3.05, 3.63) is 60.2 Å².